The van der Waals surface area contributed by atoms with Crippen LogP contribution in [0.1, 0.15) is 33.0 Å². The van der Waals surface area contributed by atoms with Crippen LogP contribution in [0.25, 0.3) is 0 Å². The summed E-state index contributed by atoms with van der Waals surface area (Å²) in [5.74, 6) is -10.2. The summed E-state index contributed by atoms with van der Waals surface area (Å²) in [4.78, 5) is 37.1. The van der Waals surface area contributed by atoms with Gasteiger partial charge in [-0.3, -0.25) is 14.4 Å². The molecule has 16 heteroatoms. The number of amides is 2. The van der Waals surface area contributed by atoms with Gasteiger partial charge in [0.1, 0.15) is 21.8 Å². The molecule has 0 bridgehead atoms. The topological polar surface area (TPSA) is 75.3 Å². The van der Waals surface area contributed by atoms with Crippen molar-refractivity contribution in [2.45, 2.75) is 29.3 Å². The predicted molar refractivity (Wildman–Crippen MR) is 141 cm³/mol. The number of alkyl halides is 7. The summed E-state index contributed by atoms with van der Waals surface area (Å²) in [7, 11) is 0. The molecule has 0 radical (unpaired) electrons. The van der Waals surface area contributed by atoms with E-state index in [1.54, 1.807) is 0 Å². The van der Waals surface area contributed by atoms with Crippen molar-refractivity contribution < 1.29 is 49.5 Å². The Morgan fingerprint density at radius 2 is 1.56 bits per heavy atom. The molecule has 2 N–H and O–H groups in total. The lowest BCUT2D eigenvalue weighted by atomic mass is 10.0. The summed E-state index contributed by atoms with van der Waals surface area (Å²) in [5.41, 5.74) is -3.42. The highest BCUT2D eigenvalue weighted by Gasteiger charge is 2.67. The van der Waals surface area contributed by atoms with Gasteiger partial charge < -0.3 is 10.6 Å². The van der Waals surface area contributed by atoms with E-state index in [9.17, 15) is 49.5 Å². The van der Waals surface area contributed by atoms with Gasteiger partial charge in [-0.2, -0.15) is 13.2 Å². The van der Waals surface area contributed by atoms with Gasteiger partial charge in [0.25, 0.3) is 12.3 Å². The Labute approximate surface area is 252 Å². The summed E-state index contributed by atoms with van der Waals surface area (Å²) < 4.78 is 105. The third-order valence-corrected chi connectivity index (χ3v) is 7.73. The molecule has 0 aromatic heterocycles. The van der Waals surface area contributed by atoms with Crippen molar-refractivity contribution in [3.8, 4) is 0 Å². The Hall–Kier alpha value is -3.42. The van der Waals surface area contributed by atoms with Gasteiger partial charge in [0.2, 0.25) is 11.7 Å². The molecule has 1 aliphatic rings. The summed E-state index contributed by atoms with van der Waals surface area (Å²) in [6.07, 6.45) is -9.49. The number of benzene rings is 3. The molecule has 1 saturated carbocycles. The zero-order valence-corrected chi connectivity index (χ0v) is 23.2. The molecule has 0 unspecified atom stereocenters. The van der Waals surface area contributed by atoms with Crippen LogP contribution in [0.5, 0.6) is 0 Å². The highest BCUT2D eigenvalue weighted by Crippen LogP contribution is 2.65. The zero-order chi connectivity index (χ0) is 32.0. The second-order valence-corrected chi connectivity index (χ2v) is 11.2. The molecule has 2 atom stereocenters. The summed E-state index contributed by atoms with van der Waals surface area (Å²) in [5, 5.41) is 4.26. The van der Waals surface area contributed by atoms with Crippen LogP contribution in [0.2, 0.25) is 5.02 Å². The first kappa shape index (κ1) is 32.5. The molecule has 43 heavy (non-hydrogen) atoms. The van der Waals surface area contributed by atoms with E-state index in [1.807, 2.05) is 0 Å². The normalized spacial score (nSPS) is 17.5. The molecule has 3 aromatic rings. The van der Waals surface area contributed by atoms with Crippen molar-refractivity contribution in [2.24, 2.45) is 5.92 Å². The second-order valence-electron chi connectivity index (χ2n) is 9.37. The third kappa shape index (κ3) is 6.89. The fraction of sp³-hybridized carbons (Fsp3) is 0.222. The van der Waals surface area contributed by atoms with Crippen LogP contribution in [0.3, 0.4) is 0 Å². The molecular formula is C27H15Cl3F8N2O3. The van der Waals surface area contributed by atoms with E-state index < -0.39 is 87.1 Å². The minimum atomic E-state index is -5.02. The number of ketones is 1. The molecule has 228 valence electrons. The molecule has 3 aromatic carbocycles. The van der Waals surface area contributed by atoms with Gasteiger partial charge in [0.05, 0.1) is 27.8 Å². The number of carbonyl (C=O) groups is 3. The molecule has 5 nitrogen and oxygen atoms in total. The van der Waals surface area contributed by atoms with Gasteiger partial charge in [0, 0.05) is 24.1 Å². The molecular weight excluding hydrogens is 659 g/mol. The molecule has 4 rings (SSSR count). The van der Waals surface area contributed by atoms with Crippen LogP contribution in [0, 0.1) is 23.4 Å². The maximum Gasteiger partial charge on any atom is 0.419 e. The number of anilines is 2. The van der Waals surface area contributed by atoms with Crippen molar-refractivity contribution in [1.82, 2.24) is 0 Å². The summed E-state index contributed by atoms with van der Waals surface area (Å²) in [6, 6.07) is 6.48. The lowest BCUT2D eigenvalue weighted by Crippen LogP contribution is -2.19. The minimum Gasteiger partial charge on any atom is -0.326 e. The number of carbonyl (C=O) groups excluding carboxylic acids is 3. The molecule has 1 aliphatic carbocycles. The smallest absolute Gasteiger partial charge is 0.326 e. The number of Topliss-reactive ketones (excluding diaryl/α,β-unsaturated/α-hetero) is 1. The van der Waals surface area contributed by atoms with Gasteiger partial charge >= 0.3 is 6.18 Å². The van der Waals surface area contributed by atoms with E-state index >= 15 is 0 Å². The Morgan fingerprint density at radius 3 is 2.19 bits per heavy atom. The largest absolute Gasteiger partial charge is 0.419 e. The number of hydrogen-bond donors (Lipinski definition) is 2. The predicted octanol–water partition coefficient (Wildman–Crippen LogP) is 7.93. The van der Waals surface area contributed by atoms with Crippen molar-refractivity contribution >= 4 is 63.8 Å². The average Bonchev–Trinajstić information content (AvgIpc) is 3.49. The monoisotopic (exact) mass is 672 g/mol. The van der Waals surface area contributed by atoms with Gasteiger partial charge in [-0.25, -0.2) is 22.0 Å². The van der Waals surface area contributed by atoms with Crippen molar-refractivity contribution in [3.05, 3.63) is 93.3 Å². The molecule has 0 heterocycles. The molecule has 2 amide bonds. The Balaban J connectivity index is 1.53. The van der Waals surface area contributed by atoms with Crippen LogP contribution in [0.15, 0.2) is 48.5 Å². The standard InChI is InChI=1S/C27H15Cl3F8N2O3/c28-15-3-2-12(8-13(15)24(42)40-19-6-11(7-20(41)23(34)35)17(32)9-18(19)33)39-25(43)22-21(26(22,29)30)10-1-4-16(31)14(5-10)27(36,37)38/h1-6,8-9,21-23H,7H2,(H,39,43)(H,40,42)/t21-,22+/m0/s1. The number of halogens is 11. The molecule has 0 spiro atoms. The van der Waals surface area contributed by atoms with Crippen LogP contribution in [0.4, 0.5) is 46.5 Å². The highest BCUT2D eigenvalue weighted by atomic mass is 35.5. The highest BCUT2D eigenvalue weighted by molar-refractivity contribution is 6.53. The second kappa shape index (κ2) is 11.9. The van der Waals surface area contributed by atoms with E-state index in [-0.39, 0.29) is 27.9 Å². The first-order chi connectivity index (χ1) is 19.9. The van der Waals surface area contributed by atoms with Crippen molar-refractivity contribution in [2.75, 3.05) is 10.6 Å². The first-order valence-corrected chi connectivity index (χ1v) is 13.0. The number of rotatable bonds is 8. The first-order valence-electron chi connectivity index (χ1n) is 11.9. The van der Waals surface area contributed by atoms with Crippen LogP contribution < -0.4 is 10.6 Å². The SMILES string of the molecule is O=C(Nc1cc(CC(=O)C(F)F)c(F)cc1F)c1cc(NC(=O)[C@H]2[C@H](c3ccc(F)c(C(F)(F)F)c3)C2(Cl)Cl)ccc1Cl. The lowest BCUT2D eigenvalue weighted by Gasteiger charge is -2.12. The lowest BCUT2D eigenvalue weighted by molar-refractivity contribution is -0.140. The quantitative estimate of drug-likeness (QED) is 0.189. The van der Waals surface area contributed by atoms with Gasteiger partial charge in [-0.15, -0.1) is 23.2 Å². The molecule has 1 fully saturated rings. The van der Waals surface area contributed by atoms with E-state index in [1.165, 1.54) is 6.07 Å². The van der Waals surface area contributed by atoms with Gasteiger partial charge in [0.15, 0.2) is 0 Å². The van der Waals surface area contributed by atoms with Crippen molar-refractivity contribution in [3.63, 3.8) is 0 Å². The van der Waals surface area contributed by atoms with E-state index in [0.29, 0.717) is 18.2 Å². The Kier molecular flexibility index (Phi) is 9.01. The number of hydrogen-bond acceptors (Lipinski definition) is 3. The summed E-state index contributed by atoms with van der Waals surface area (Å²) in [6.45, 7) is 0. The molecule has 0 saturated heterocycles. The van der Waals surface area contributed by atoms with Gasteiger partial charge in [-0.1, -0.05) is 17.7 Å². The van der Waals surface area contributed by atoms with Crippen LogP contribution >= 0.6 is 34.8 Å². The Bertz CT molecular complexity index is 1630. The average molecular weight is 674 g/mol. The van der Waals surface area contributed by atoms with Crippen LogP contribution in [-0.2, 0) is 22.2 Å². The fourth-order valence-electron chi connectivity index (χ4n) is 4.30. The van der Waals surface area contributed by atoms with E-state index in [4.69, 9.17) is 34.8 Å². The maximum absolute atomic E-state index is 14.3. The van der Waals surface area contributed by atoms with Gasteiger partial charge in [-0.05, 0) is 47.5 Å². The minimum absolute atomic E-state index is 0.0767. The number of nitrogens with one attached hydrogen (secondary N) is 2. The van der Waals surface area contributed by atoms with E-state index in [2.05, 4.69) is 10.6 Å². The summed E-state index contributed by atoms with van der Waals surface area (Å²) >= 11 is 18.4. The molecule has 0 aliphatic heterocycles. The third-order valence-electron chi connectivity index (χ3n) is 6.46. The van der Waals surface area contributed by atoms with E-state index in [0.717, 1.165) is 18.2 Å². The fourth-order valence-corrected chi connectivity index (χ4v) is 5.33. The maximum atomic E-state index is 14.3. The Morgan fingerprint density at radius 1 is 0.884 bits per heavy atom. The van der Waals surface area contributed by atoms with Crippen LogP contribution in [-0.4, -0.2) is 28.4 Å². The zero-order valence-electron chi connectivity index (χ0n) is 20.9. The van der Waals surface area contributed by atoms with Crippen molar-refractivity contribution in [1.29, 1.82) is 0 Å².